The Morgan fingerprint density at radius 2 is 2.15 bits per heavy atom. The highest BCUT2D eigenvalue weighted by atomic mass is 19.4. The van der Waals surface area contributed by atoms with Crippen LogP contribution in [0.5, 0.6) is 5.75 Å². The molecule has 1 aromatic carbocycles. The number of methoxy groups -OCH3 is 1. The molecule has 1 aliphatic heterocycles. The maximum Gasteiger partial charge on any atom is 0.416 e. The molecule has 0 saturated carbocycles. The van der Waals surface area contributed by atoms with Crippen molar-refractivity contribution in [2.24, 2.45) is 0 Å². The van der Waals surface area contributed by atoms with Crippen LogP contribution in [0.2, 0.25) is 0 Å². The van der Waals surface area contributed by atoms with Crippen LogP contribution in [0.25, 0.3) is 11.1 Å². The Bertz CT molecular complexity index is 845. The fourth-order valence-corrected chi connectivity index (χ4v) is 2.94. The zero-order valence-electron chi connectivity index (χ0n) is 14.7. The Kier molecular flexibility index (Phi) is 5.81. The van der Waals surface area contributed by atoms with Crippen LogP contribution in [-0.2, 0) is 22.2 Å². The van der Waals surface area contributed by atoms with E-state index in [9.17, 15) is 18.0 Å². The minimum atomic E-state index is -4.53. The molecule has 0 radical (unpaired) electrons. The second-order valence-corrected chi connectivity index (χ2v) is 6.16. The van der Waals surface area contributed by atoms with E-state index < -0.39 is 11.7 Å². The minimum absolute atomic E-state index is 0.0726. The molecule has 2 heterocycles. The average Bonchev–Trinajstić information content (AvgIpc) is 3.14. The number of aromatic nitrogens is 2. The number of benzene rings is 1. The quantitative estimate of drug-likeness (QED) is 0.717. The summed E-state index contributed by atoms with van der Waals surface area (Å²) >= 11 is 0. The van der Waals surface area contributed by atoms with Gasteiger partial charge in [-0.2, -0.15) is 13.2 Å². The van der Waals surface area contributed by atoms with E-state index in [0.717, 1.165) is 25.0 Å². The molecule has 9 heteroatoms. The minimum Gasteiger partial charge on any atom is -0.467 e. The van der Waals surface area contributed by atoms with Crippen LogP contribution in [-0.4, -0.2) is 36.2 Å². The van der Waals surface area contributed by atoms with Gasteiger partial charge in [0.2, 0.25) is 0 Å². The number of rotatable bonds is 6. The highest BCUT2D eigenvalue weighted by molar-refractivity contribution is 5.69. The molecule has 27 heavy (non-hydrogen) atoms. The second-order valence-electron chi connectivity index (χ2n) is 6.16. The molecule has 1 aromatic heterocycles. The monoisotopic (exact) mass is 384 g/mol. The van der Waals surface area contributed by atoms with Gasteiger partial charge in [-0.05, 0) is 31.0 Å². The third kappa shape index (κ3) is 4.48. The number of nitrogens with zero attached hydrogens (tertiary/aromatic N) is 2. The number of alkyl halides is 3. The molecule has 1 aliphatic rings. The van der Waals surface area contributed by atoms with Gasteiger partial charge in [-0.15, -0.1) is 0 Å². The first-order valence-electron chi connectivity index (χ1n) is 8.39. The van der Waals surface area contributed by atoms with Crippen LogP contribution in [0, 0.1) is 0 Å². The lowest BCUT2D eigenvalue weighted by molar-refractivity contribution is -0.137. The summed E-state index contributed by atoms with van der Waals surface area (Å²) in [5, 5.41) is 0. The summed E-state index contributed by atoms with van der Waals surface area (Å²) in [5.74, 6) is -0.0968. The van der Waals surface area contributed by atoms with Crippen LogP contribution < -0.4 is 10.3 Å². The molecule has 0 amide bonds. The summed E-state index contributed by atoms with van der Waals surface area (Å²) < 4.78 is 56.1. The van der Waals surface area contributed by atoms with Crippen molar-refractivity contribution >= 4 is 0 Å². The van der Waals surface area contributed by atoms with E-state index in [1.807, 2.05) is 0 Å². The molecule has 0 spiro atoms. The third-order valence-electron chi connectivity index (χ3n) is 4.26. The van der Waals surface area contributed by atoms with E-state index >= 15 is 0 Å². The molecule has 1 fully saturated rings. The van der Waals surface area contributed by atoms with Crippen LogP contribution in [0.1, 0.15) is 18.4 Å². The van der Waals surface area contributed by atoms with Crippen LogP contribution in [0.3, 0.4) is 0 Å². The Labute approximate surface area is 153 Å². The van der Waals surface area contributed by atoms with E-state index in [4.69, 9.17) is 14.2 Å². The van der Waals surface area contributed by atoms with Gasteiger partial charge in [0.25, 0.3) is 5.56 Å². The predicted octanol–water partition coefficient (Wildman–Crippen LogP) is 3.09. The smallest absolute Gasteiger partial charge is 0.416 e. The van der Waals surface area contributed by atoms with Gasteiger partial charge in [0, 0.05) is 25.5 Å². The normalized spacial score (nSPS) is 17.3. The zero-order chi connectivity index (χ0) is 19.4. The van der Waals surface area contributed by atoms with Gasteiger partial charge in [0.05, 0.1) is 30.1 Å². The summed E-state index contributed by atoms with van der Waals surface area (Å²) in [6.07, 6.45) is -0.112. The molecule has 0 N–H and O–H groups in total. The van der Waals surface area contributed by atoms with Crippen molar-refractivity contribution in [3.8, 4) is 16.9 Å². The summed E-state index contributed by atoms with van der Waals surface area (Å²) in [5.41, 5.74) is -0.877. The summed E-state index contributed by atoms with van der Waals surface area (Å²) in [4.78, 5) is 16.9. The lowest BCUT2D eigenvalue weighted by atomic mass is 10.0. The maximum absolute atomic E-state index is 13.0. The standard InChI is InChI=1S/C18H19F3N2O4/c1-25-11-27-16-7-12(18(19,20)21)4-5-14(16)15-8-22-10-23(17(15)24)9-13-3-2-6-26-13/h4-5,7-8,10,13H,2-3,6,9,11H2,1H3/t13-/m0/s1. The number of hydrogen-bond donors (Lipinski definition) is 0. The summed E-state index contributed by atoms with van der Waals surface area (Å²) in [7, 11) is 1.35. The Morgan fingerprint density at radius 3 is 2.81 bits per heavy atom. The first-order valence-corrected chi connectivity index (χ1v) is 8.39. The van der Waals surface area contributed by atoms with Gasteiger partial charge in [0.15, 0.2) is 6.79 Å². The predicted molar refractivity (Wildman–Crippen MR) is 90.4 cm³/mol. The first kappa shape index (κ1) is 19.4. The molecular weight excluding hydrogens is 365 g/mol. The SMILES string of the molecule is COCOc1cc(C(F)(F)F)ccc1-c1cncn(C[C@@H]2CCCO2)c1=O. The second kappa shape index (κ2) is 8.10. The van der Waals surface area contributed by atoms with E-state index in [2.05, 4.69) is 4.98 Å². The Balaban J connectivity index is 2.00. The van der Waals surface area contributed by atoms with Gasteiger partial charge in [-0.25, -0.2) is 4.98 Å². The molecule has 0 unspecified atom stereocenters. The molecule has 0 aliphatic carbocycles. The molecule has 3 rings (SSSR count). The average molecular weight is 384 g/mol. The summed E-state index contributed by atoms with van der Waals surface area (Å²) in [6, 6.07) is 2.97. The fourth-order valence-electron chi connectivity index (χ4n) is 2.94. The lowest BCUT2D eigenvalue weighted by Crippen LogP contribution is -2.27. The van der Waals surface area contributed by atoms with Gasteiger partial charge in [0.1, 0.15) is 5.75 Å². The number of hydrogen-bond acceptors (Lipinski definition) is 5. The van der Waals surface area contributed by atoms with Crippen molar-refractivity contribution in [3.05, 3.63) is 46.6 Å². The van der Waals surface area contributed by atoms with Gasteiger partial charge in [-0.3, -0.25) is 9.36 Å². The van der Waals surface area contributed by atoms with Gasteiger partial charge in [-0.1, -0.05) is 0 Å². The van der Waals surface area contributed by atoms with Gasteiger partial charge >= 0.3 is 6.18 Å². The highest BCUT2D eigenvalue weighted by Crippen LogP contribution is 2.36. The molecule has 1 atom stereocenters. The molecule has 6 nitrogen and oxygen atoms in total. The largest absolute Gasteiger partial charge is 0.467 e. The van der Waals surface area contributed by atoms with Crippen LogP contribution in [0.15, 0.2) is 35.5 Å². The van der Waals surface area contributed by atoms with Crippen LogP contribution in [0.4, 0.5) is 13.2 Å². The van der Waals surface area contributed by atoms with Crippen molar-refractivity contribution in [2.45, 2.75) is 31.7 Å². The Morgan fingerprint density at radius 1 is 1.33 bits per heavy atom. The summed E-state index contributed by atoms with van der Waals surface area (Å²) in [6.45, 7) is 0.744. The molecular formula is C18H19F3N2O4. The highest BCUT2D eigenvalue weighted by Gasteiger charge is 2.31. The third-order valence-corrected chi connectivity index (χ3v) is 4.26. The number of halogens is 3. The molecule has 2 aromatic rings. The molecule has 0 bridgehead atoms. The van der Waals surface area contributed by atoms with E-state index in [-0.39, 0.29) is 35.3 Å². The fraction of sp³-hybridized carbons (Fsp3) is 0.444. The van der Waals surface area contributed by atoms with E-state index in [1.165, 1.54) is 30.3 Å². The van der Waals surface area contributed by atoms with E-state index in [1.54, 1.807) is 0 Å². The van der Waals surface area contributed by atoms with Crippen molar-refractivity contribution in [3.63, 3.8) is 0 Å². The zero-order valence-corrected chi connectivity index (χ0v) is 14.7. The molecule has 1 saturated heterocycles. The van der Waals surface area contributed by atoms with Crippen molar-refractivity contribution in [1.29, 1.82) is 0 Å². The van der Waals surface area contributed by atoms with Crippen molar-refractivity contribution in [1.82, 2.24) is 9.55 Å². The van der Waals surface area contributed by atoms with Crippen molar-refractivity contribution < 1.29 is 27.4 Å². The number of ether oxygens (including phenoxy) is 3. The van der Waals surface area contributed by atoms with Gasteiger partial charge < -0.3 is 14.2 Å². The van der Waals surface area contributed by atoms with E-state index in [0.29, 0.717) is 13.2 Å². The topological polar surface area (TPSA) is 62.6 Å². The molecule has 146 valence electrons. The lowest BCUT2D eigenvalue weighted by Gasteiger charge is -2.16. The first-order chi connectivity index (χ1) is 12.9. The maximum atomic E-state index is 13.0. The van der Waals surface area contributed by atoms with Crippen molar-refractivity contribution in [2.75, 3.05) is 20.5 Å². The Hall–Kier alpha value is -2.39. The van der Waals surface area contributed by atoms with Crippen LogP contribution >= 0.6 is 0 Å².